The van der Waals surface area contributed by atoms with E-state index in [-0.39, 0.29) is 12.2 Å². The molecule has 0 aliphatic carbocycles. The number of thioether (sulfide) groups is 1. The summed E-state index contributed by atoms with van der Waals surface area (Å²) in [5.74, 6) is -0.287. The van der Waals surface area contributed by atoms with Crippen LogP contribution in [0, 0.1) is 5.82 Å². The Morgan fingerprint density at radius 2 is 1.77 bits per heavy atom. The minimum absolute atomic E-state index is 0.236. The van der Waals surface area contributed by atoms with Crippen LogP contribution in [0.2, 0.25) is 5.02 Å². The van der Waals surface area contributed by atoms with Crippen molar-refractivity contribution in [3.8, 4) is 0 Å². The van der Waals surface area contributed by atoms with E-state index in [9.17, 15) is 17.6 Å². The van der Waals surface area contributed by atoms with Gasteiger partial charge in [0.15, 0.2) is 0 Å². The van der Waals surface area contributed by atoms with Crippen LogP contribution in [0.25, 0.3) is 0 Å². The van der Waals surface area contributed by atoms with Crippen LogP contribution in [0.15, 0.2) is 53.4 Å². The van der Waals surface area contributed by atoms with Crippen molar-refractivity contribution in [1.82, 2.24) is 5.32 Å². The van der Waals surface area contributed by atoms with Gasteiger partial charge in [-0.2, -0.15) is 0 Å². The van der Waals surface area contributed by atoms with Crippen molar-refractivity contribution in [3.63, 3.8) is 0 Å². The molecule has 140 valence electrons. The second-order valence-electron chi connectivity index (χ2n) is 5.40. The number of nitrogens with one attached hydrogen (secondary N) is 1. The number of amides is 1. The van der Waals surface area contributed by atoms with E-state index in [0.29, 0.717) is 17.3 Å². The van der Waals surface area contributed by atoms with Gasteiger partial charge in [-0.15, -0.1) is 11.8 Å². The highest BCUT2D eigenvalue weighted by Gasteiger charge is 2.20. The molecule has 2 aromatic carbocycles. The first-order valence-corrected chi connectivity index (χ1v) is 10.9. The molecule has 1 amide bonds. The second-order valence-corrected chi connectivity index (χ2v) is 8.91. The zero-order chi connectivity index (χ0) is 19.2. The van der Waals surface area contributed by atoms with E-state index < -0.39 is 21.7 Å². The molecule has 2 rings (SSSR count). The van der Waals surface area contributed by atoms with Crippen LogP contribution < -0.4 is 9.62 Å². The highest BCUT2D eigenvalue weighted by atomic mass is 35.5. The number of carbonyl (C=O) groups is 1. The Bertz CT molecular complexity index is 843. The largest absolute Gasteiger partial charge is 0.354 e. The number of nitrogens with zero attached hydrogens (tertiary/aromatic N) is 1. The van der Waals surface area contributed by atoms with Crippen molar-refractivity contribution in [3.05, 3.63) is 59.4 Å². The topological polar surface area (TPSA) is 66.5 Å². The standard InChI is InChI=1S/C17H18ClFN2O3S2/c1-26(23,24)21(15-6-4-14(19)5-7-15)12-17(22)20-10-11-25-16-8-2-13(18)3-9-16/h2-9H,10-12H2,1H3,(H,20,22). The number of hydrogen-bond donors (Lipinski definition) is 1. The molecule has 26 heavy (non-hydrogen) atoms. The van der Waals surface area contributed by atoms with Crippen LogP contribution >= 0.6 is 23.4 Å². The van der Waals surface area contributed by atoms with Crippen LogP contribution in [0.1, 0.15) is 0 Å². The summed E-state index contributed by atoms with van der Waals surface area (Å²) < 4.78 is 37.8. The van der Waals surface area contributed by atoms with Gasteiger partial charge in [0.1, 0.15) is 12.4 Å². The summed E-state index contributed by atoms with van der Waals surface area (Å²) in [5, 5.41) is 3.34. The van der Waals surface area contributed by atoms with Crippen molar-refractivity contribution < 1.29 is 17.6 Å². The van der Waals surface area contributed by atoms with Gasteiger partial charge in [0, 0.05) is 22.2 Å². The quantitative estimate of drug-likeness (QED) is 0.530. The van der Waals surface area contributed by atoms with E-state index in [1.54, 1.807) is 23.9 Å². The van der Waals surface area contributed by atoms with Crippen LogP contribution in [-0.2, 0) is 14.8 Å². The normalized spacial score (nSPS) is 11.2. The zero-order valence-electron chi connectivity index (χ0n) is 14.0. The number of sulfonamides is 1. The van der Waals surface area contributed by atoms with Crippen molar-refractivity contribution in [1.29, 1.82) is 0 Å². The fourth-order valence-electron chi connectivity index (χ4n) is 2.08. The maximum absolute atomic E-state index is 13.0. The van der Waals surface area contributed by atoms with Gasteiger partial charge in [-0.05, 0) is 48.5 Å². The smallest absolute Gasteiger partial charge is 0.240 e. The molecular weight excluding hydrogens is 399 g/mol. The lowest BCUT2D eigenvalue weighted by molar-refractivity contribution is -0.119. The third-order valence-electron chi connectivity index (χ3n) is 3.31. The molecule has 9 heteroatoms. The summed E-state index contributed by atoms with van der Waals surface area (Å²) in [6.07, 6.45) is 1.00. The molecule has 0 aromatic heterocycles. The fraction of sp³-hybridized carbons (Fsp3) is 0.235. The number of anilines is 1. The third-order valence-corrected chi connectivity index (χ3v) is 5.72. The Hall–Kier alpha value is -1.77. The van der Waals surface area contributed by atoms with Crippen molar-refractivity contribution in [2.45, 2.75) is 4.90 Å². The van der Waals surface area contributed by atoms with E-state index in [1.165, 1.54) is 12.1 Å². The molecule has 0 unspecified atom stereocenters. The molecular formula is C17H18ClFN2O3S2. The van der Waals surface area contributed by atoms with Gasteiger partial charge in [0.2, 0.25) is 15.9 Å². The van der Waals surface area contributed by atoms with Gasteiger partial charge in [0.25, 0.3) is 0 Å². The lowest BCUT2D eigenvalue weighted by Crippen LogP contribution is -2.41. The molecule has 0 heterocycles. The van der Waals surface area contributed by atoms with E-state index in [0.717, 1.165) is 27.6 Å². The van der Waals surface area contributed by atoms with E-state index in [1.807, 2.05) is 12.1 Å². The third kappa shape index (κ3) is 6.51. The summed E-state index contributed by atoms with van der Waals surface area (Å²) in [6.45, 7) is 0.0171. The predicted molar refractivity (Wildman–Crippen MR) is 104 cm³/mol. The average Bonchev–Trinajstić information content (AvgIpc) is 2.58. The molecule has 0 radical (unpaired) electrons. The van der Waals surface area contributed by atoms with Gasteiger partial charge >= 0.3 is 0 Å². The summed E-state index contributed by atoms with van der Waals surface area (Å²) in [5.41, 5.74) is 0.236. The fourth-order valence-corrected chi connectivity index (χ4v) is 3.83. The number of hydrogen-bond acceptors (Lipinski definition) is 4. The summed E-state index contributed by atoms with van der Waals surface area (Å²) >= 11 is 7.36. The van der Waals surface area contributed by atoms with Gasteiger partial charge in [-0.1, -0.05) is 11.6 Å². The summed E-state index contributed by atoms with van der Waals surface area (Å²) in [6, 6.07) is 12.3. The molecule has 0 aliphatic heterocycles. The second kappa shape index (κ2) is 9.25. The first-order chi connectivity index (χ1) is 12.3. The lowest BCUT2D eigenvalue weighted by atomic mass is 10.3. The Morgan fingerprint density at radius 1 is 1.15 bits per heavy atom. The minimum atomic E-state index is -3.67. The van der Waals surface area contributed by atoms with Crippen molar-refractivity contribution in [2.75, 3.05) is 29.4 Å². The van der Waals surface area contributed by atoms with Crippen molar-refractivity contribution >= 4 is 45.0 Å². The van der Waals surface area contributed by atoms with Gasteiger partial charge in [-0.25, -0.2) is 12.8 Å². The van der Waals surface area contributed by atoms with E-state index >= 15 is 0 Å². The molecule has 0 saturated carbocycles. The average molecular weight is 417 g/mol. The Morgan fingerprint density at radius 3 is 2.35 bits per heavy atom. The molecule has 0 aliphatic rings. The molecule has 2 aromatic rings. The Kier molecular flexibility index (Phi) is 7.31. The molecule has 0 bridgehead atoms. The van der Waals surface area contributed by atoms with Gasteiger partial charge < -0.3 is 5.32 Å². The van der Waals surface area contributed by atoms with Crippen LogP contribution in [0.5, 0.6) is 0 Å². The van der Waals surface area contributed by atoms with Gasteiger partial charge in [0.05, 0.1) is 11.9 Å². The van der Waals surface area contributed by atoms with Crippen LogP contribution in [0.3, 0.4) is 0 Å². The predicted octanol–water partition coefficient (Wildman–Crippen LogP) is 3.15. The maximum atomic E-state index is 13.0. The van der Waals surface area contributed by atoms with Crippen molar-refractivity contribution in [2.24, 2.45) is 0 Å². The minimum Gasteiger partial charge on any atom is -0.354 e. The summed E-state index contributed by atoms with van der Waals surface area (Å²) in [7, 11) is -3.67. The molecule has 0 spiro atoms. The highest BCUT2D eigenvalue weighted by molar-refractivity contribution is 7.99. The SMILES string of the molecule is CS(=O)(=O)N(CC(=O)NCCSc1ccc(Cl)cc1)c1ccc(F)cc1. The number of carbonyl (C=O) groups excluding carboxylic acids is 1. The zero-order valence-corrected chi connectivity index (χ0v) is 16.4. The first-order valence-electron chi connectivity index (χ1n) is 7.64. The van der Waals surface area contributed by atoms with Crippen LogP contribution in [-0.4, -0.2) is 39.4 Å². The molecule has 0 saturated heterocycles. The lowest BCUT2D eigenvalue weighted by Gasteiger charge is -2.21. The first kappa shape index (κ1) is 20.5. The number of rotatable bonds is 8. The van der Waals surface area contributed by atoms with E-state index in [4.69, 9.17) is 11.6 Å². The molecule has 1 N–H and O–H groups in total. The highest BCUT2D eigenvalue weighted by Crippen LogP contribution is 2.20. The monoisotopic (exact) mass is 416 g/mol. The van der Waals surface area contributed by atoms with Gasteiger partial charge in [-0.3, -0.25) is 9.10 Å². The molecule has 5 nitrogen and oxygen atoms in total. The Labute approximate surface area is 161 Å². The number of halogens is 2. The number of benzene rings is 2. The molecule has 0 atom stereocenters. The van der Waals surface area contributed by atoms with Crippen LogP contribution in [0.4, 0.5) is 10.1 Å². The molecule has 0 fully saturated rings. The Balaban J connectivity index is 1.87. The summed E-state index contributed by atoms with van der Waals surface area (Å²) in [4.78, 5) is 13.1. The van der Waals surface area contributed by atoms with E-state index in [2.05, 4.69) is 5.32 Å². The maximum Gasteiger partial charge on any atom is 0.240 e.